The Labute approximate surface area is 102 Å². The molecule has 2 heterocycles. The molecule has 16 heavy (non-hydrogen) atoms. The fraction of sp³-hybridized carbons (Fsp3) is 0.692. The Morgan fingerprint density at radius 2 is 2.12 bits per heavy atom. The first-order valence-electron chi connectivity index (χ1n) is 6.43. The second kappa shape index (κ2) is 4.86. The van der Waals surface area contributed by atoms with E-state index in [-0.39, 0.29) is 0 Å². The van der Waals surface area contributed by atoms with Gasteiger partial charge in [-0.3, -0.25) is 4.90 Å². The molecule has 1 N–H and O–H groups in total. The van der Waals surface area contributed by atoms with E-state index in [1.807, 2.05) is 11.3 Å². The van der Waals surface area contributed by atoms with Crippen molar-refractivity contribution in [2.24, 2.45) is 5.92 Å². The summed E-state index contributed by atoms with van der Waals surface area (Å²) in [6.07, 6.45) is 4.32. The van der Waals surface area contributed by atoms with E-state index in [1.54, 1.807) is 4.88 Å². The highest BCUT2D eigenvalue weighted by Crippen LogP contribution is 2.42. The van der Waals surface area contributed by atoms with Crippen molar-refractivity contribution in [3.8, 4) is 0 Å². The van der Waals surface area contributed by atoms with Gasteiger partial charge in [0.2, 0.25) is 0 Å². The summed E-state index contributed by atoms with van der Waals surface area (Å²) >= 11 is 1.94. The van der Waals surface area contributed by atoms with Crippen LogP contribution in [0, 0.1) is 5.92 Å². The molecular formula is C13H20N2S. The molecule has 1 saturated heterocycles. The van der Waals surface area contributed by atoms with Gasteiger partial charge in [0.05, 0.1) is 0 Å². The lowest BCUT2D eigenvalue weighted by atomic mass is 9.78. The predicted octanol–water partition coefficient (Wildman–Crippen LogP) is 2.49. The first kappa shape index (κ1) is 10.8. The van der Waals surface area contributed by atoms with Crippen LogP contribution in [-0.2, 0) is 0 Å². The number of piperazine rings is 1. The topological polar surface area (TPSA) is 15.3 Å². The summed E-state index contributed by atoms with van der Waals surface area (Å²) in [5.41, 5.74) is 0. The average Bonchev–Trinajstić information content (AvgIpc) is 2.77. The van der Waals surface area contributed by atoms with Crippen molar-refractivity contribution in [2.75, 3.05) is 26.2 Å². The van der Waals surface area contributed by atoms with Crippen molar-refractivity contribution in [3.05, 3.63) is 22.4 Å². The van der Waals surface area contributed by atoms with Crippen molar-refractivity contribution >= 4 is 11.3 Å². The highest BCUT2D eigenvalue weighted by molar-refractivity contribution is 7.10. The van der Waals surface area contributed by atoms with Gasteiger partial charge < -0.3 is 5.32 Å². The van der Waals surface area contributed by atoms with E-state index in [1.165, 1.54) is 32.4 Å². The minimum atomic E-state index is 0.718. The highest BCUT2D eigenvalue weighted by atomic mass is 32.1. The second-order valence-corrected chi connectivity index (χ2v) is 5.92. The molecule has 1 aromatic heterocycles. The maximum absolute atomic E-state index is 3.45. The SMILES string of the molecule is c1csc([C@H](C2CCC2)N2CCNCC2)c1. The maximum Gasteiger partial charge on any atom is 0.0470 e. The molecule has 2 fully saturated rings. The Hall–Kier alpha value is -0.380. The smallest absolute Gasteiger partial charge is 0.0470 e. The largest absolute Gasteiger partial charge is 0.314 e. The van der Waals surface area contributed by atoms with Gasteiger partial charge in [-0.15, -0.1) is 11.3 Å². The van der Waals surface area contributed by atoms with Crippen LogP contribution < -0.4 is 5.32 Å². The highest BCUT2D eigenvalue weighted by Gasteiger charge is 2.33. The number of nitrogens with zero attached hydrogens (tertiary/aromatic N) is 1. The van der Waals surface area contributed by atoms with Crippen LogP contribution in [0.3, 0.4) is 0 Å². The molecule has 0 radical (unpaired) electrons. The quantitative estimate of drug-likeness (QED) is 0.867. The summed E-state index contributed by atoms with van der Waals surface area (Å²) in [5, 5.41) is 5.68. The molecule has 1 atom stereocenters. The molecule has 1 aliphatic heterocycles. The van der Waals surface area contributed by atoms with Gasteiger partial charge in [-0.05, 0) is 30.2 Å². The normalized spacial score (nSPS) is 25.2. The molecule has 0 amide bonds. The molecule has 1 aliphatic carbocycles. The summed E-state index contributed by atoms with van der Waals surface area (Å²) in [6, 6.07) is 5.25. The van der Waals surface area contributed by atoms with Gasteiger partial charge in [-0.1, -0.05) is 12.5 Å². The minimum absolute atomic E-state index is 0.718. The molecule has 2 nitrogen and oxygen atoms in total. The Kier molecular flexibility index (Phi) is 3.27. The van der Waals surface area contributed by atoms with Crippen molar-refractivity contribution in [2.45, 2.75) is 25.3 Å². The van der Waals surface area contributed by atoms with Crippen LogP contribution in [0.4, 0.5) is 0 Å². The monoisotopic (exact) mass is 236 g/mol. The Morgan fingerprint density at radius 3 is 2.69 bits per heavy atom. The Balaban J connectivity index is 1.77. The lowest BCUT2D eigenvalue weighted by Gasteiger charge is -2.42. The van der Waals surface area contributed by atoms with Crippen molar-refractivity contribution in [1.82, 2.24) is 10.2 Å². The number of rotatable bonds is 3. The third-order valence-corrected chi connectivity index (χ3v) is 4.92. The van der Waals surface area contributed by atoms with E-state index in [9.17, 15) is 0 Å². The van der Waals surface area contributed by atoms with Gasteiger partial charge in [0.1, 0.15) is 0 Å². The Morgan fingerprint density at radius 1 is 1.31 bits per heavy atom. The summed E-state index contributed by atoms with van der Waals surface area (Å²) in [6.45, 7) is 4.77. The molecule has 1 saturated carbocycles. The summed E-state index contributed by atoms with van der Waals surface area (Å²) < 4.78 is 0. The molecule has 3 heteroatoms. The molecule has 3 rings (SSSR count). The molecular weight excluding hydrogens is 216 g/mol. The lowest BCUT2D eigenvalue weighted by Crippen LogP contribution is -2.47. The molecule has 0 spiro atoms. The van der Waals surface area contributed by atoms with Crippen molar-refractivity contribution in [3.63, 3.8) is 0 Å². The van der Waals surface area contributed by atoms with Crippen LogP contribution in [0.25, 0.3) is 0 Å². The van der Waals surface area contributed by atoms with Crippen LogP contribution in [0.2, 0.25) is 0 Å². The van der Waals surface area contributed by atoms with Crippen LogP contribution in [0.15, 0.2) is 17.5 Å². The van der Waals surface area contributed by atoms with Crippen molar-refractivity contribution < 1.29 is 0 Å². The predicted molar refractivity (Wildman–Crippen MR) is 68.8 cm³/mol. The maximum atomic E-state index is 3.45. The third-order valence-electron chi connectivity index (χ3n) is 3.98. The lowest BCUT2D eigenvalue weighted by molar-refractivity contribution is 0.0861. The van der Waals surface area contributed by atoms with Gasteiger partial charge in [-0.2, -0.15) is 0 Å². The van der Waals surface area contributed by atoms with E-state index in [4.69, 9.17) is 0 Å². The van der Waals surface area contributed by atoms with Gasteiger partial charge in [-0.25, -0.2) is 0 Å². The molecule has 0 unspecified atom stereocenters. The Bertz CT molecular complexity index is 313. The number of hydrogen-bond acceptors (Lipinski definition) is 3. The minimum Gasteiger partial charge on any atom is -0.314 e. The van der Waals surface area contributed by atoms with Crippen LogP contribution in [-0.4, -0.2) is 31.1 Å². The third kappa shape index (κ3) is 2.04. The van der Waals surface area contributed by atoms with E-state index in [0.717, 1.165) is 25.0 Å². The summed E-state index contributed by atoms with van der Waals surface area (Å²) in [4.78, 5) is 4.29. The molecule has 1 aromatic rings. The van der Waals surface area contributed by atoms with Crippen LogP contribution in [0.5, 0.6) is 0 Å². The van der Waals surface area contributed by atoms with Crippen LogP contribution in [0.1, 0.15) is 30.2 Å². The molecule has 88 valence electrons. The zero-order chi connectivity index (χ0) is 10.8. The molecule has 2 aliphatic rings. The average molecular weight is 236 g/mol. The summed E-state index contributed by atoms with van der Waals surface area (Å²) in [5.74, 6) is 0.928. The summed E-state index contributed by atoms with van der Waals surface area (Å²) in [7, 11) is 0. The molecule has 0 bridgehead atoms. The molecule has 0 aromatic carbocycles. The number of thiophene rings is 1. The van der Waals surface area contributed by atoms with E-state index in [0.29, 0.717) is 0 Å². The van der Waals surface area contributed by atoms with Gasteiger partial charge in [0, 0.05) is 37.1 Å². The van der Waals surface area contributed by atoms with Gasteiger partial charge in [0.15, 0.2) is 0 Å². The van der Waals surface area contributed by atoms with Gasteiger partial charge >= 0.3 is 0 Å². The number of hydrogen-bond donors (Lipinski definition) is 1. The van der Waals surface area contributed by atoms with Gasteiger partial charge in [0.25, 0.3) is 0 Å². The van der Waals surface area contributed by atoms with E-state index < -0.39 is 0 Å². The van der Waals surface area contributed by atoms with Crippen LogP contribution >= 0.6 is 11.3 Å². The first-order chi connectivity index (χ1) is 7.95. The fourth-order valence-electron chi connectivity index (χ4n) is 2.89. The van der Waals surface area contributed by atoms with E-state index in [2.05, 4.69) is 27.7 Å². The standard InChI is InChI=1S/C13H20N2S/c1-3-11(4-1)13(12-5-2-10-16-12)15-8-6-14-7-9-15/h2,5,10-11,13-14H,1,3-4,6-9H2/t13-/m0/s1. The number of nitrogens with one attached hydrogen (secondary N) is 1. The second-order valence-electron chi connectivity index (χ2n) is 4.94. The zero-order valence-corrected chi connectivity index (χ0v) is 10.5. The fourth-order valence-corrected chi connectivity index (χ4v) is 3.84. The first-order valence-corrected chi connectivity index (χ1v) is 7.31. The van der Waals surface area contributed by atoms with E-state index >= 15 is 0 Å². The zero-order valence-electron chi connectivity index (χ0n) is 9.69. The van der Waals surface area contributed by atoms with Crippen molar-refractivity contribution in [1.29, 1.82) is 0 Å².